The SMILES string of the molecule is CCC(CC)OOC(=O)CCCCCCCCC(=O)CCCCCCCC(OC(CC)CC)(OC(CC)CC)C(=O)OOC(CC)CC. The quantitative estimate of drug-likeness (QED) is 0.0283. The molecule has 0 rings (SSSR count). The molecule has 0 aliphatic heterocycles. The van der Waals surface area contributed by atoms with Gasteiger partial charge in [0.1, 0.15) is 18.0 Å². The van der Waals surface area contributed by atoms with Crippen LogP contribution in [0.5, 0.6) is 0 Å². The van der Waals surface area contributed by atoms with Gasteiger partial charge in [0.15, 0.2) is 0 Å². The van der Waals surface area contributed by atoms with E-state index in [0.29, 0.717) is 31.5 Å². The Hall–Kier alpha value is -1.55. The van der Waals surface area contributed by atoms with E-state index in [1.807, 2.05) is 27.7 Å². The summed E-state index contributed by atoms with van der Waals surface area (Å²) in [5, 5.41) is 0. The zero-order valence-electron chi connectivity index (χ0n) is 32.2. The molecule has 0 fully saturated rings. The van der Waals surface area contributed by atoms with E-state index in [-0.39, 0.29) is 30.4 Å². The van der Waals surface area contributed by atoms with Gasteiger partial charge in [-0.3, -0.25) is 14.6 Å². The molecule has 0 saturated heterocycles. The van der Waals surface area contributed by atoms with Crippen molar-refractivity contribution in [1.29, 1.82) is 0 Å². The minimum Gasteiger partial charge on any atom is -0.337 e. The molecule has 0 amide bonds. The second-order valence-electron chi connectivity index (χ2n) is 13.2. The molecule has 0 N–H and O–H groups in total. The number of ketones is 1. The second kappa shape index (κ2) is 30.3. The first-order valence-corrected chi connectivity index (χ1v) is 19.8. The van der Waals surface area contributed by atoms with Gasteiger partial charge in [0, 0.05) is 25.7 Å². The number of carbonyl (C=O) groups is 3. The lowest BCUT2D eigenvalue weighted by atomic mass is 10.0. The van der Waals surface area contributed by atoms with Gasteiger partial charge in [0.25, 0.3) is 5.79 Å². The molecule has 0 atom stereocenters. The highest BCUT2D eigenvalue weighted by Crippen LogP contribution is 2.31. The zero-order chi connectivity index (χ0) is 36.0. The molecule has 0 aromatic rings. The summed E-state index contributed by atoms with van der Waals surface area (Å²) < 4.78 is 12.9. The van der Waals surface area contributed by atoms with Gasteiger partial charge < -0.3 is 9.47 Å². The lowest BCUT2D eigenvalue weighted by molar-refractivity contribution is -0.345. The van der Waals surface area contributed by atoms with E-state index >= 15 is 0 Å². The second-order valence-corrected chi connectivity index (χ2v) is 13.2. The largest absolute Gasteiger partial charge is 0.401 e. The van der Waals surface area contributed by atoms with Crippen LogP contribution in [0.25, 0.3) is 0 Å². The van der Waals surface area contributed by atoms with Gasteiger partial charge in [0.2, 0.25) is 0 Å². The van der Waals surface area contributed by atoms with Gasteiger partial charge in [-0.05, 0) is 77.0 Å². The van der Waals surface area contributed by atoms with Gasteiger partial charge in [-0.15, -0.1) is 0 Å². The molecule has 0 aromatic heterocycles. The number of rotatable bonds is 34. The molecule has 0 spiro atoms. The first-order chi connectivity index (χ1) is 23.2. The highest BCUT2D eigenvalue weighted by Gasteiger charge is 2.46. The Balaban J connectivity index is 4.51. The Bertz CT molecular complexity index is 772. The van der Waals surface area contributed by atoms with Crippen LogP contribution in [-0.2, 0) is 43.4 Å². The van der Waals surface area contributed by atoms with E-state index in [1.165, 1.54) is 0 Å². The minimum absolute atomic E-state index is 0.0225. The topological polar surface area (TPSA) is 107 Å². The van der Waals surface area contributed by atoms with Crippen molar-refractivity contribution in [2.75, 3.05) is 0 Å². The first-order valence-electron chi connectivity index (χ1n) is 19.8. The van der Waals surface area contributed by atoms with Gasteiger partial charge in [0.05, 0.1) is 12.2 Å². The summed E-state index contributed by atoms with van der Waals surface area (Å²) >= 11 is 0. The summed E-state index contributed by atoms with van der Waals surface area (Å²) in [4.78, 5) is 58.7. The van der Waals surface area contributed by atoms with Crippen molar-refractivity contribution in [3.05, 3.63) is 0 Å². The summed E-state index contributed by atoms with van der Waals surface area (Å²) in [6.07, 6.45) is 18.3. The van der Waals surface area contributed by atoms with Crippen LogP contribution in [0.3, 0.4) is 0 Å². The van der Waals surface area contributed by atoms with Crippen LogP contribution < -0.4 is 0 Å². The summed E-state index contributed by atoms with van der Waals surface area (Å²) in [5.74, 6) is -2.04. The highest BCUT2D eigenvalue weighted by molar-refractivity contribution is 5.78. The highest BCUT2D eigenvalue weighted by atomic mass is 17.2. The van der Waals surface area contributed by atoms with Gasteiger partial charge in [-0.1, -0.05) is 100 Å². The molecule has 0 aliphatic carbocycles. The summed E-state index contributed by atoms with van der Waals surface area (Å²) in [6, 6.07) is 0. The summed E-state index contributed by atoms with van der Waals surface area (Å²) in [6.45, 7) is 16.2. The average Bonchev–Trinajstić information content (AvgIpc) is 3.10. The summed E-state index contributed by atoms with van der Waals surface area (Å²) in [5.41, 5.74) is 0. The predicted octanol–water partition coefficient (Wildman–Crippen LogP) is 10.8. The Kier molecular flexibility index (Phi) is 29.3. The van der Waals surface area contributed by atoms with Crippen molar-refractivity contribution >= 4 is 17.7 Å². The standard InChI is InChI=1S/C39H74O9/c1-9-33(10-2)43-39(44-34(11-3)12-4,38(42)48-46-36(15-7)16-8)31-27-23-19-21-25-29-32(40)28-24-20-17-18-22-26-30-37(41)47-45-35(13-5)14-6/h33-36H,9-31H2,1-8H3. The van der Waals surface area contributed by atoms with Crippen LogP contribution in [0.2, 0.25) is 0 Å². The van der Waals surface area contributed by atoms with E-state index in [2.05, 4.69) is 27.7 Å². The van der Waals surface area contributed by atoms with Crippen molar-refractivity contribution in [2.24, 2.45) is 0 Å². The van der Waals surface area contributed by atoms with Crippen molar-refractivity contribution in [3.63, 3.8) is 0 Å². The Morgan fingerprint density at radius 1 is 0.438 bits per heavy atom. The molecule has 0 aliphatic rings. The number of hydrogen-bond acceptors (Lipinski definition) is 9. The number of Topliss-reactive ketones (excluding diaryl/α,β-unsaturated/α-hetero) is 1. The molecule has 0 bridgehead atoms. The smallest absolute Gasteiger partial charge is 0.337 e. The third kappa shape index (κ3) is 21.5. The summed E-state index contributed by atoms with van der Waals surface area (Å²) in [7, 11) is 0. The molecular formula is C39H74O9. The Labute approximate surface area is 294 Å². The van der Waals surface area contributed by atoms with Crippen LogP contribution >= 0.6 is 0 Å². The number of ether oxygens (including phenoxy) is 2. The first kappa shape index (κ1) is 46.5. The predicted molar refractivity (Wildman–Crippen MR) is 191 cm³/mol. The normalized spacial score (nSPS) is 12.1. The van der Waals surface area contributed by atoms with E-state index in [1.54, 1.807) is 0 Å². The van der Waals surface area contributed by atoms with Crippen LogP contribution in [0.15, 0.2) is 0 Å². The minimum atomic E-state index is -1.50. The van der Waals surface area contributed by atoms with E-state index in [9.17, 15) is 14.4 Å². The maximum atomic E-state index is 13.6. The van der Waals surface area contributed by atoms with Crippen molar-refractivity contribution in [3.8, 4) is 0 Å². The van der Waals surface area contributed by atoms with Gasteiger partial charge >= 0.3 is 11.9 Å². The van der Waals surface area contributed by atoms with Crippen molar-refractivity contribution < 1.29 is 43.4 Å². The molecule has 0 unspecified atom stereocenters. The molecule has 0 saturated carbocycles. The van der Waals surface area contributed by atoms with E-state index in [0.717, 1.165) is 122 Å². The zero-order valence-corrected chi connectivity index (χ0v) is 32.2. The van der Waals surface area contributed by atoms with Crippen LogP contribution in [0.1, 0.15) is 203 Å². The molecule has 9 nitrogen and oxygen atoms in total. The fourth-order valence-corrected chi connectivity index (χ4v) is 5.61. The molecule has 9 heteroatoms. The molecule has 0 heterocycles. The maximum Gasteiger partial charge on any atom is 0.401 e. The Morgan fingerprint density at radius 2 is 0.792 bits per heavy atom. The number of carbonyl (C=O) groups excluding carboxylic acids is 3. The molecule has 48 heavy (non-hydrogen) atoms. The van der Waals surface area contributed by atoms with Crippen molar-refractivity contribution in [2.45, 2.75) is 233 Å². The molecule has 0 radical (unpaired) electrons. The number of unbranched alkanes of at least 4 members (excludes halogenated alkanes) is 9. The lowest BCUT2D eigenvalue weighted by Gasteiger charge is -2.37. The van der Waals surface area contributed by atoms with Crippen LogP contribution in [0.4, 0.5) is 0 Å². The maximum absolute atomic E-state index is 13.6. The third-order valence-electron chi connectivity index (χ3n) is 9.25. The van der Waals surface area contributed by atoms with E-state index in [4.69, 9.17) is 29.0 Å². The fourth-order valence-electron chi connectivity index (χ4n) is 5.61. The van der Waals surface area contributed by atoms with Gasteiger partial charge in [-0.2, -0.15) is 9.78 Å². The molecular weight excluding hydrogens is 612 g/mol. The molecule has 284 valence electrons. The van der Waals surface area contributed by atoms with Crippen LogP contribution in [-0.4, -0.2) is 47.9 Å². The van der Waals surface area contributed by atoms with Gasteiger partial charge in [-0.25, -0.2) is 9.59 Å². The Morgan fingerprint density at radius 3 is 1.21 bits per heavy atom. The molecule has 0 aromatic carbocycles. The van der Waals surface area contributed by atoms with E-state index < -0.39 is 11.8 Å². The average molecular weight is 687 g/mol. The monoisotopic (exact) mass is 687 g/mol. The van der Waals surface area contributed by atoms with Crippen LogP contribution in [0, 0.1) is 0 Å². The number of hydrogen-bond donors (Lipinski definition) is 0. The fraction of sp³-hybridized carbons (Fsp3) is 0.923. The third-order valence-corrected chi connectivity index (χ3v) is 9.25. The lowest BCUT2D eigenvalue weighted by Crippen LogP contribution is -2.50. The van der Waals surface area contributed by atoms with Crippen molar-refractivity contribution in [1.82, 2.24) is 0 Å².